The van der Waals surface area contributed by atoms with Crippen LogP contribution >= 0.6 is 0 Å². The van der Waals surface area contributed by atoms with E-state index in [4.69, 9.17) is 0 Å². The third-order valence-corrected chi connectivity index (χ3v) is 4.32. The van der Waals surface area contributed by atoms with Crippen molar-refractivity contribution in [3.05, 3.63) is 69.7 Å². The molecule has 8 heteroatoms. The maximum Gasteiger partial charge on any atom is 0.285 e. The maximum atomic E-state index is 12.2. The Morgan fingerprint density at radius 3 is 2.40 bits per heavy atom. The molecule has 2 aromatic rings. The second-order valence-corrected chi connectivity index (χ2v) is 6.03. The van der Waals surface area contributed by atoms with Crippen LogP contribution in [0, 0.1) is 15.3 Å². The predicted molar refractivity (Wildman–Crippen MR) is 69.4 cm³/mol. The van der Waals surface area contributed by atoms with Gasteiger partial charge in [-0.1, -0.05) is 18.2 Å². The zero-order valence-electron chi connectivity index (χ0n) is 10.2. The van der Waals surface area contributed by atoms with Gasteiger partial charge in [-0.15, -0.1) is 0 Å². The Hall–Kier alpha value is -2.48. The molecule has 104 valence electrons. The number of hydrogen-bond acceptors (Lipinski definition) is 5. The van der Waals surface area contributed by atoms with Gasteiger partial charge in [-0.05, 0) is 12.1 Å². The molecule has 2 rings (SSSR count). The normalized spacial score (nSPS) is 11.2. The lowest BCUT2D eigenvalue weighted by molar-refractivity contribution is -0.606. The van der Waals surface area contributed by atoms with E-state index in [0.717, 1.165) is 18.5 Å². The number of rotatable bonds is 4. The van der Waals surface area contributed by atoms with Gasteiger partial charge in [0.1, 0.15) is 5.56 Å². The van der Waals surface area contributed by atoms with Gasteiger partial charge in [0.05, 0.1) is 21.6 Å². The van der Waals surface area contributed by atoms with E-state index in [9.17, 15) is 23.7 Å². The van der Waals surface area contributed by atoms with Crippen molar-refractivity contribution in [3.63, 3.8) is 0 Å². The Morgan fingerprint density at radius 1 is 1.15 bits per heavy atom. The number of pyridine rings is 1. The van der Waals surface area contributed by atoms with E-state index < -0.39 is 26.2 Å². The Kier molecular flexibility index (Phi) is 3.66. The molecule has 1 aromatic carbocycles. The predicted octanol–water partition coefficient (Wildman–Crippen LogP) is 1.20. The van der Waals surface area contributed by atoms with Gasteiger partial charge in [-0.25, -0.2) is 8.42 Å². The second kappa shape index (κ2) is 5.25. The summed E-state index contributed by atoms with van der Waals surface area (Å²) < 4.78 is 24.6. The Bertz CT molecular complexity index is 744. The van der Waals surface area contributed by atoms with E-state index >= 15 is 0 Å². The summed E-state index contributed by atoms with van der Waals surface area (Å²) in [7, 11) is -3.74. The fraction of sp³-hybridized carbons (Fsp3) is 0.0833. The summed E-state index contributed by atoms with van der Waals surface area (Å²) in [6, 6.07) is 8.56. The van der Waals surface area contributed by atoms with E-state index in [1.165, 1.54) is 12.1 Å². The van der Waals surface area contributed by atoms with Crippen molar-refractivity contribution in [1.29, 1.82) is 0 Å². The molecule has 0 aliphatic heterocycles. The lowest BCUT2D eigenvalue weighted by atomic mass is 10.3. The molecule has 0 atom stereocenters. The average Bonchev–Trinajstić information content (AvgIpc) is 2.39. The number of nitrogens with zero attached hydrogens (tertiary/aromatic N) is 2. The Labute approximate surface area is 114 Å². The molecule has 1 aromatic heterocycles. The van der Waals surface area contributed by atoms with Crippen molar-refractivity contribution in [2.24, 2.45) is 0 Å². The molecule has 0 N–H and O–H groups in total. The number of benzene rings is 1. The highest BCUT2D eigenvalue weighted by Crippen LogP contribution is 2.22. The molecule has 1 heterocycles. The minimum Gasteiger partial charge on any atom is -0.619 e. The van der Waals surface area contributed by atoms with Crippen LogP contribution in [0.25, 0.3) is 0 Å². The Balaban J connectivity index is 2.44. The highest BCUT2D eigenvalue weighted by Gasteiger charge is 2.24. The molecule has 20 heavy (non-hydrogen) atoms. The van der Waals surface area contributed by atoms with Crippen LogP contribution in [-0.2, 0) is 15.6 Å². The first-order chi connectivity index (χ1) is 9.40. The fourth-order valence-electron chi connectivity index (χ4n) is 1.72. The lowest BCUT2D eigenvalue weighted by Gasteiger charge is -2.05. The van der Waals surface area contributed by atoms with Gasteiger partial charge in [0, 0.05) is 0 Å². The molecule has 0 saturated heterocycles. The summed E-state index contributed by atoms with van der Waals surface area (Å²) in [4.78, 5) is 10.2. The summed E-state index contributed by atoms with van der Waals surface area (Å²) in [6.07, 6.45) is 1.86. The first kappa shape index (κ1) is 13.9. The van der Waals surface area contributed by atoms with Crippen molar-refractivity contribution >= 4 is 15.5 Å². The summed E-state index contributed by atoms with van der Waals surface area (Å²) >= 11 is 0. The average molecular weight is 294 g/mol. The lowest BCUT2D eigenvalue weighted by Crippen LogP contribution is -2.26. The zero-order valence-corrected chi connectivity index (χ0v) is 11.0. The molecular weight excluding hydrogens is 284 g/mol. The number of sulfone groups is 1. The third kappa shape index (κ3) is 2.91. The van der Waals surface area contributed by atoms with Crippen LogP contribution in [-0.4, -0.2) is 13.3 Å². The van der Waals surface area contributed by atoms with Crippen molar-refractivity contribution < 1.29 is 18.1 Å². The van der Waals surface area contributed by atoms with Crippen molar-refractivity contribution in [2.45, 2.75) is 10.6 Å². The molecule has 0 aliphatic carbocycles. The van der Waals surface area contributed by atoms with Gasteiger partial charge >= 0.3 is 0 Å². The zero-order chi connectivity index (χ0) is 14.8. The molecule has 0 radical (unpaired) electrons. The van der Waals surface area contributed by atoms with Crippen molar-refractivity contribution in [1.82, 2.24) is 0 Å². The van der Waals surface area contributed by atoms with E-state index in [1.807, 2.05) is 0 Å². The van der Waals surface area contributed by atoms with Crippen LogP contribution < -0.4 is 4.73 Å². The van der Waals surface area contributed by atoms with E-state index in [2.05, 4.69) is 0 Å². The first-order valence-electron chi connectivity index (χ1n) is 5.54. The minimum atomic E-state index is -3.74. The van der Waals surface area contributed by atoms with Gasteiger partial charge in [0.25, 0.3) is 5.69 Å². The van der Waals surface area contributed by atoms with E-state index in [1.54, 1.807) is 18.2 Å². The standard InChI is InChI=1S/C12H10N2O5S/c15-13-7-6-12(14(16)17)10(8-13)9-20(18,19)11-4-2-1-3-5-11/h1-8H,9H2. The van der Waals surface area contributed by atoms with Crippen LogP contribution in [0.15, 0.2) is 53.7 Å². The highest BCUT2D eigenvalue weighted by atomic mass is 32.2. The van der Waals surface area contributed by atoms with Crippen LogP contribution in [0.2, 0.25) is 0 Å². The summed E-state index contributed by atoms with van der Waals surface area (Å²) in [6.45, 7) is 0. The van der Waals surface area contributed by atoms with Crippen molar-refractivity contribution in [2.75, 3.05) is 0 Å². The summed E-state index contributed by atoms with van der Waals surface area (Å²) in [5.41, 5.74) is -0.534. The fourth-order valence-corrected chi connectivity index (χ4v) is 3.09. The number of nitro groups is 1. The van der Waals surface area contributed by atoms with Gasteiger partial charge < -0.3 is 5.21 Å². The number of hydrogen-bond donors (Lipinski definition) is 0. The smallest absolute Gasteiger partial charge is 0.285 e. The quantitative estimate of drug-likeness (QED) is 0.365. The molecule has 7 nitrogen and oxygen atoms in total. The van der Waals surface area contributed by atoms with E-state index in [-0.39, 0.29) is 10.5 Å². The van der Waals surface area contributed by atoms with Crippen molar-refractivity contribution in [3.8, 4) is 0 Å². The van der Waals surface area contributed by atoms with Gasteiger partial charge in [-0.2, -0.15) is 4.73 Å². The molecule has 0 saturated carbocycles. The Morgan fingerprint density at radius 2 is 1.80 bits per heavy atom. The molecule has 0 aliphatic rings. The van der Waals surface area contributed by atoms with Crippen LogP contribution in [0.5, 0.6) is 0 Å². The molecular formula is C12H10N2O5S. The second-order valence-electron chi connectivity index (χ2n) is 4.04. The van der Waals surface area contributed by atoms with Gasteiger partial charge in [0.15, 0.2) is 22.2 Å². The van der Waals surface area contributed by atoms with Crippen LogP contribution in [0.1, 0.15) is 5.56 Å². The van der Waals surface area contributed by atoms with Crippen LogP contribution in [0.4, 0.5) is 5.69 Å². The van der Waals surface area contributed by atoms with Crippen LogP contribution in [0.3, 0.4) is 0 Å². The molecule has 0 bridgehead atoms. The maximum absolute atomic E-state index is 12.2. The largest absolute Gasteiger partial charge is 0.619 e. The summed E-state index contributed by atoms with van der Waals surface area (Å²) in [5.74, 6) is -0.601. The highest BCUT2D eigenvalue weighted by molar-refractivity contribution is 7.90. The first-order valence-corrected chi connectivity index (χ1v) is 7.19. The van der Waals surface area contributed by atoms with Gasteiger partial charge in [0.2, 0.25) is 0 Å². The molecule has 0 unspecified atom stereocenters. The monoisotopic (exact) mass is 294 g/mol. The molecule has 0 amide bonds. The third-order valence-electron chi connectivity index (χ3n) is 2.64. The molecule has 0 fully saturated rings. The minimum absolute atomic E-state index is 0.0515. The SMILES string of the molecule is O=[N+]([O-])c1cc[n+]([O-])cc1CS(=O)(=O)c1ccccc1. The topological polar surface area (TPSA) is 104 Å². The van der Waals surface area contributed by atoms with Gasteiger partial charge in [-0.3, -0.25) is 10.1 Å². The summed E-state index contributed by atoms with van der Waals surface area (Å²) in [5, 5.41) is 22.0. The number of aromatic nitrogens is 1. The van der Waals surface area contributed by atoms with E-state index in [0.29, 0.717) is 4.73 Å². The molecule has 0 spiro atoms.